The number of hydrogen-bond acceptors (Lipinski definition) is 0. The Morgan fingerprint density at radius 1 is 0.625 bits per heavy atom. The summed E-state index contributed by atoms with van der Waals surface area (Å²) in [7, 11) is 0. The quantitative estimate of drug-likeness (QED) is 0.336. The van der Waals surface area contributed by atoms with Gasteiger partial charge in [0.15, 0.2) is 0 Å². The van der Waals surface area contributed by atoms with E-state index < -0.39 is 5.31 Å². The fourth-order valence-corrected chi connectivity index (χ4v) is 10.4. The molecule has 0 fully saturated rings. The molecule has 0 aliphatic carbocycles. The second kappa shape index (κ2) is 7.35. The second-order valence-electron chi connectivity index (χ2n) is 5.62. The number of halogens is 2. The Kier molecular flexibility index (Phi) is 5.39. The van der Waals surface area contributed by atoms with Crippen LogP contribution in [0.1, 0.15) is 0 Å². The minimum absolute atomic E-state index is 0.822. The molecule has 24 heavy (non-hydrogen) atoms. The second-order valence-corrected chi connectivity index (χ2v) is 14.7. The Balaban J connectivity index is 2.45. The number of hydrogen-bond donors (Lipinski definition) is 0. The molecule has 3 rings (SSSR count). The number of rotatable bonds is 5. The van der Waals surface area contributed by atoms with Crippen LogP contribution in [-0.4, -0.2) is 5.33 Å². The standard InChI is InChI=1S/C21H19Br2P/c22-17-10-18-24(23,19-11-4-1-5-12-19,20-13-6-2-7-14-20)21-15-8-3-9-16-21/h1-16,18H,17H2. The van der Waals surface area contributed by atoms with Gasteiger partial charge in [-0.2, -0.15) is 0 Å². The van der Waals surface area contributed by atoms with Crippen LogP contribution < -0.4 is 15.9 Å². The van der Waals surface area contributed by atoms with E-state index in [0.29, 0.717) is 0 Å². The maximum atomic E-state index is 4.34. The molecule has 3 aromatic carbocycles. The molecule has 0 unspecified atom stereocenters. The van der Waals surface area contributed by atoms with Crippen LogP contribution in [0.4, 0.5) is 0 Å². The van der Waals surface area contributed by atoms with Crippen molar-refractivity contribution >= 4 is 52.6 Å². The van der Waals surface area contributed by atoms with Crippen molar-refractivity contribution in [3.05, 3.63) is 103 Å². The van der Waals surface area contributed by atoms with Gasteiger partial charge in [-0.05, 0) is 0 Å². The molecule has 0 bridgehead atoms. The zero-order chi connectivity index (χ0) is 16.9. The van der Waals surface area contributed by atoms with E-state index >= 15 is 0 Å². The molecule has 0 radical (unpaired) electrons. The Morgan fingerprint density at radius 3 is 1.25 bits per heavy atom. The fourth-order valence-electron chi connectivity index (χ4n) is 3.10. The van der Waals surface area contributed by atoms with Gasteiger partial charge in [0.05, 0.1) is 0 Å². The van der Waals surface area contributed by atoms with E-state index in [1.165, 1.54) is 15.9 Å². The van der Waals surface area contributed by atoms with Crippen LogP contribution in [0, 0.1) is 0 Å². The van der Waals surface area contributed by atoms with Gasteiger partial charge < -0.3 is 0 Å². The zero-order valence-electron chi connectivity index (χ0n) is 13.2. The third kappa shape index (κ3) is 2.92. The Hall–Kier alpha value is -1.21. The van der Waals surface area contributed by atoms with E-state index in [2.05, 4.69) is 134 Å². The van der Waals surface area contributed by atoms with Crippen LogP contribution >= 0.6 is 36.7 Å². The predicted octanol–water partition coefficient (Wildman–Crippen LogP) is 5.73. The van der Waals surface area contributed by atoms with E-state index in [1.807, 2.05) is 0 Å². The predicted molar refractivity (Wildman–Crippen MR) is 117 cm³/mol. The zero-order valence-corrected chi connectivity index (χ0v) is 17.3. The van der Waals surface area contributed by atoms with Gasteiger partial charge in [-0.15, -0.1) is 0 Å². The summed E-state index contributed by atoms with van der Waals surface area (Å²) in [5.74, 6) is 2.38. The maximum absolute atomic E-state index is 4.34. The van der Waals surface area contributed by atoms with Crippen LogP contribution in [0.15, 0.2) is 103 Å². The molecule has 122 valence electrons. The first kappa shape index (κ1) is 17.6. The monoisotopic (exact) mass is 460 g/mol. The van der Waals surface area contributed by atoms with Crippen LogP contribution in [0.5, 0.6) is 0 Å². The first-order valence-electron chi connectivity index (χ1n) is 7.84. The van der Waals surface area contributed by atoms with Crippen molar-refractivity contribution in [2.75, 3.05) is 5.33 Å². The van der Waals surface area contributed by atoms with E-state index in [9.17, 15) is 0 Å². The molecule has 0 atom stereocenters. The third-order valence-corrected chi connectivity index (χ3v) is 13.7. The minimum atomic E-state index is -2.85. The Bertz CT molecular complexity index is 715. The Labute approximate surface area is 160 Å². The SMILES string of the molecule is BrCC=CP(Br)(c1ccccc1)(c1ccccc1)c1ccccc1. The van der Waals surface area contributed by atoms with Gasteiger partial charge in [0.2, 0.25) is 0 Å². The first-order valence-corrected chi connectivity index (χ1v) is 13.3. The van der Waals surface area contributed by atoms with E-state index in [4.69, 9.17) is 0 Å². The average Bonchev–Trinajstić information content (AvgIpc) is 2.68. The molecule has 3 heteroatoms. The van der Waals surface area contributed by atoms with Gasteiger partial charge in [0.25, 0.3) is 0 Å². The summed E-state index contributed by atoms with van der Waals surface area (Å²) in [4.78, 5) is 0. The van der Waals surface area contributed by atoms with Crippen molar-refractivity contribution in [2.45, 2.75) is 0 Å². The van der Waals surface area contributed by atoms with Crippen molar-refractivity contribution in [1.82, 2.24) is 0 Å². The fraction of sp³-hybridized carbons (Fsp3) is 0.0476. The molecule has 0 aliphatic rings. The van der Waals surface area contributed by atoms with Gasteiger partial charge in [0, 0.05) is 0 Å². The van der Waals surface area contributed by atoms with Gasteiger partial charge in [-0.1, -0.05) is 0 Å². The Morgan fingerprint density at radius 2 is 0.958 bits per heavy atom. The normalized spacial score (nSPS) is 13.5. The van der Waals surface area contributed by atoms with E-state index in [1.54, 1.807) is 0 Å². The van der Waals surface area contributed by atoms with Gasteiger partial charge >= 0.3 is 161 Å². The molecule has 3 aromatic rings. The topological polar surface area (TPSA) is 0 Å². The summed E-state index contributed by atoms with van der Waals surface area (Å²) in [5, 5.41) is 1.88. The van der Waals surface area contributed by atoms with Gasteiger partial charge in [0.1, 0.15) is 0 Å². The molecular formula is C21H19Br2P. The van der Waals surface area contributed by atoms with E-state index in [0.717, 1.165) is 5.33 Å². The summed E-state index contributed by atoms with van der Waals surface area (Å²) in [5.41, 5.74) is 0. The molecule has 0 spiro atoms. The van der Waals surface area contributed by atoms with Crippen molar-refractivity contribution < 1.29 is 0 Å². The van der Waals surface area contributed by atoms with Crippen molar-refractivity contribution in [3.63, 3.8) is 0 Å². The summed E-state index contributed by atoms with van der Waals surface area (Å²) >= 11 is 7.90. The van der Waals surface area contributed by atoms with Crippen molar-refractivity contribution in [1.29, 1.82) is 0 Å². The van der Waals surface area contributed by atoms with Crippen molar-refractivity contribution in [2.24, 2.45) is 0 Å². The van der Waals surface area contributed by atoms with Crippen LogP contribution in [0.2, 0.25) is 0 Å². The molecule has 0 nitrogen and oxygen atoms in total. The van der Waals surface area contributed by atoms with Crippen LogP contribution in [0.3, 0.4) is 0 Å². The molecule has 0 saturated carbocycles. The summed E-state index contributed by atoms with van der Waals surface area (Å²) in [6.45, 7) is 0. The summed E-state index contributed by atoms with van der Waals surface area (Å²) in [6, 6.07) is 32.3. The number of allylic oxidation sites excluding steroid dienone is 1. The number of alkyl halides is 1. The first-order chi connectivity index (χ1) is 11.7. The van der Waals surface area contributed by atoms with Crippen LogP contribution in [-0.2, 0) is 0 Å². The number of benzene rings is 3. The van der Waals surface area contributed by atoms with E-state index in [-0.39, 0.29) is 0 Å². The van der Waals surface area contributed by atoms with Crippen molar-refractivity contribution in [3.8, 4) is 0 Å². The average molecular weight is 462 g/mol. The van der Waals surface area contributed by atoms with Gasteiger partial charge in [-0.25, -0.2) is 0 Å². The van der Waals surface area contributed by atoms with Gasteiger partial charge in [-0.3, -0.25) is 0 Å². The summed E-state index contributed by atoms with van der Waals surface area (Å²) in [6.07, 6.45) is 2.21. The molecule has 0 saturated heterocycles. The molecule has 0 aromatic heterocycles. The molecular weight excluding hydrogens is 443 g/mol. The molecule has 0 heterocycles. The molecule has 0 aliphatic heterocycles. The summed E-state index contributed by atoms with van der Waals surface area (Å²) < 4.78 is 0. The van der Waals surface area contributed by atoms with Crippen LogP contribution in [0.25, 0.3) is 0 Å². The molecule has 0 amide bonds. The third-order valence-electron chi connectivity index (χ3n) is 4.26. The molecule has 0 N–H and O–H groups in total.